The van der Waals surface area contributed by atoms with Crippen molar-refractivity contribution in [2.24, 2.45) is 18.9 Å². The summed E-state index contributed by atoms with van der Waals surface area (Å²) in [6, 6.07) is 0. The lowest BCUT2D eigenvalue weighted by atomic mass is 10.2. The summed E-state index contributed by atoms with van der Waals surface area (Å²) in [4.78, 5) is 4.17. The van der Waals surface area contributed by atoms with Crippen LogP contribution in [0.25, 0.3) is 0 Å². The minimum atomic E-state index is 0.747. The summed E-state index contributed by atoms with van der Waals surface area (Å²) in [5.41, 5.74) is 1.39. The van der Waals surface area contributed by atoms with E-state index in [2.05, 4.69) is 35.8 Å². The molecule has 1 aliphatic rings. The Labute approximate surface area is 91.9 Å². The van der Waals surface area contributed by atoms with Gasteiger partial charge in [0, 0.05) is 24.9 Å². The smallest absolute Gasteiger partial charge is 0.0945 e. The Hall–Kier alpha value is -0.830. The molecule has 2 rings (SSSR count). The number of hydrogen-bond donors (Lipinski definition) is 1. The second-order valence-electron chi connectivity index (χ2n) is 5.08. The van der Waals surface area contributed by atoms with E-state index in [1.165, 1.54) is 12.1 Å². The van der Waals surface area contributed by atoms with Crippen LogP contribution in [-0.4, -0.2) is 22.6 Å². The average Bonchev–Trinajstić information content (AvgIpc) is 2.79. The molecule has 15 heavy (non-hydrogen) atoms. The van der Waals surface area contributed by atoms with Crippen LogP contribution in [0.3, 0.4) is 0 Å². The van der Waals surface area contributed by atoms with Crippen LogP contribution in [0, 0.1) is 11.8 Å². The van der Waals surface area contributed by atoms with Gasteiger partial charge in [0.15, 0.2) is 0 Å². The van der Waals surface area contributed by atoms with Gasteiger partial charge in [-0.05, 0) is 31.3 Å². The quantitative estimate of drug-likeness (QED) is 0.797. The SMILES string of the molecule is CC(C)CNCC1CC1c1cncn1C. The molecule has 3 heteroatoms. The molecular formula is C12H21N3. The van der Waals surface area contributed by atoms with Crippen LogP contribution < -0.4 is 5.32 Å². The molecule has 1 heterocycles. The van der Waals surface area contributed by atoms with E-state index in [4.69, 9.17) is 0 Å². The van der Waals surface area contributed by atoms with Crippen molar-refractivity contribution in [1.82, 2.24) is 14.9 Å². The molecule has 0 amide bonds. The normalized spacial score (nSPS) is 24.8. The van der Waals surface area contributed by atoms with E-state index in [1.807, 2.05) is 12.5 Å². The topological polar surface area (TPSA) is 29.9 Å². The van der Waals surface area contributed by atoms with Crippen LogP contribution in [0.5, 0.6) is 0 Å². The van der Waals surface area contributed by atoms with Gasteiger partial charge in [-0.1, -0.05) is 13.8 Å². The van der Waals surface area contributed by atoms with Crippen molar-refractivity contribution in [1.29, 1.82) is 0 Å². The van der Waals surface area contributed by atoms with Crippen LogP contribution in [0.4, 0.5) is 0 Å². The van der Waals surface area contributed by atoms with Crippen molar-refractivity contribution >= 4 is 0 Å². The third-order valence-corrected chi connectivity index (χ3v) is 3.12. The van der Waals surface area contributed by atoms with Gasteiger partial charge in [-0.3, -0.25) is 0 Å². The highest BCUT2D eigenvalue weighted by atomic mass is 15.0. The number of imidazole rings is 1. The molecule has 1 aromatic rings. The lowest BCUT2D eigenvalue weighted by Gasteiger charge is -2.06. The van der Waals surface area contributed by atoms with Crippen LogP contribution in [0.15, 0.2) is 12.5 Å². The third-order valence-electron chi connectivity index (χ3n) is 3.12. The largest absolute Gasteiger partial charge is 0.337 e. The Morgan fingerprint density at radius 2 is 2.40 bits per heavy atom. The molecule has 1 fully saturated rings. The standard InChI is InChI=1S/C12H21N3/c1-9(2)5-13-6-10-4-11(10)12-7-14-8-15(12)3/h7-11,13H,4-6H2,1-3H3. The third kappa shape index (κ3) is 2.59. The lowest BCUT2D eigenvalue weighted by molar-refractivity contribution is 0.531. The summed E-state index contributed by atoms with van der Waals surface area (Å²) in [7, 11) is 2.08. The highest BCUT2D eigenvalue weighted by Crippen LogP contribution is 2.46. The number of nitrogens with zero attached hydrogens (tertiary/aromatic N) is 2. The number of hydrogen-bond acceptors (Lipinski definition) is 2. The molecule has 0 aromatic carbocycles. The predicted molar refractivity (Wildman–Crippen MR) is 61.8 cm³/mol. The zero-order chi connectivity index (χ0) is 10.8. The van der Waals surface area contributed by atoms with E-state index in [9.17, 15) is 0 Å². The van der Waals surface area contributed by atoms with Crippen LogP contribution in [0.1, 0.15) is 31.9 Å². The monoisotopic (exact) mass is 207 g/mol. The van der Waals surface area contributed by atoms with E-state index < -0.39 is 0 Å². The zero-order valence-electron chi connectivity index (χ0n) is 9.90. The molecule has 2 unspecified atom stereocenters. The van der Waals surface area contributed by atoms with Gasteiger partial charge in [0.2, 0.25) is 0 Å². The van der Waals surface area contributed by atoms with Crippen molar-refractivity contribution in [3.8, 4) is 0 Å². The van der Waals surface area contributed by atoms with Crippen LogP contribution >= 0.6 is 0 Å². The molecule has 0 aliphatic heterocycles. The van der Waals surface area contributed by atoms with Gasteiger partial charge in [-0.2, -0.15) is 0 Å². The lowest BCUT2D eigenvalue weighted by Crippen LogP contribution is -2.22. The average molecular weight is 207 g/mol. The van der Waals surface area contributed by atoms with Gasteiger partial charge in [0.1, 0.15) is 0 Å². The van der Waals surface area contributed by atoms with E-state index in [-0.39, 0.29) is 0 Å². The molecule has 1 aliphatic carbocycles. The first-order valence-corrected chi connectivity index (χ1v) is 5.85. The molecule has 1 saturated carbocycles. The van der Waals surface area contributed by atoms with Gasteiger partial charge < -0.3 is 9.88 Å². The Bertz CT molecular complexity index is 316. The van der Waals surface area contributed by atoms with Gasteiger partial charge in [-0.25, -0.2) is 4.98 Å². The fourth-order valence-electron chi connectivity index (χ4n) is 2.12. The predicted octanol–water partition coefficient (Wildman–Crippen LogP) is 1.77. The van der Waals surface area contributed by atoms with Crippen molar-refractivity contribution in [2.45, 2.75) is 26.2 Å². The van der Waals surface area contributed by atoms with Crippen molar-refractivity contribution in [2.75, 3.05) is 13.1 Å². The molecular weight excluding hydrogens is 186 g/mol. The fraction of sp³-hybridized carbons (Fsp3) is 0.750. The maximum atomic E-state index is 4.17. The fourth-order valence-corrected chi connectivity index (χ4v) is 2.12. The molecule has 2 atom stereocenters. The Balaban J connectivity index is 1.75. The van der Waals surface area contributed by atoms with Crippen LogP contribution in [-0.2, 0) is 7.05 Å². The first-order valence-electron chi connectivity index (χ1n) is 5.85. The van der Waals surface area contributed by atoms with Gasteiger partial charge in [0.05, 0.1) is 6.33 Å². The number of rotatable bonds is 5. The molecule has 0 saturated heterocycles. The van der Waals surface area contributed by atoms with E-state index in [0.717, 1.165) is 30.8 Å². The molecule has 3 nitrogen and oxygen atoms in total. The minimum Gasteiger partial charge on any atom is -0.337 e. The van der Waals surface area contributed by atoms with Gasteiger partial charge in [0.25, 0.3) is 0 Å². The van der Waals surface area contributed by atoms with Gasteiger partial charge >= 0.3 is 0 Å². The van der Waals surface area contributed by atoms with E-state index in [0.29, 0.717) is 0 Å². The van der Waals surface area contributed by atoms with Crippen molar-refractivity contribution in [3.63, 3.8) is 0 Å². The van der Waals surface area contributed by atoms with E-state index >= 15 is 0 Å². The molecule has 84 valence electrons. The first kappa shape index (κ1) is 10.7. The molecule has 0 bridgehead atoms. The number of nitrogens with one attached hydrogen (secondary N) is 1. The molecule has 1 aromatic heterocycles. The molecule has 0 radical (unpaired) electrons. The summed E-state index contributed by atoms with van der Waals surface area (Å²) in [5, 5.41) is 3.53. The highest BCUT2D eigenvalue weighted by molar-refractivity contribution is 5.16. The molecule has 0 spiro atoms. The second-order valence-corrected chi connectivity index (χ2v) is 5.08. The molecule has 1 N–H and O–H groups in total. The van der Waals surface area contributed by atoms with E-state index in [1.54, 1.807) is 0 Å². The summed E-state index contributed by atoms with van der Waals surface area (Å²) in [6.07, 6.45) is 5.23. The Morgan fingerprint density at radius 3 is 3.00 bits per heavy atom. The van der Waals surface area contributed by atoms with Crippen molar-refractivity contribution in [3.05, 3.63) is 18.2 Å². The Kier molecular flexibility index (Phi) is 3.10. The summed E-state index contributed by atoms with van der Waals surface area (Å²) in [5.74, 6) is 2.33. The maximum Gasteiger partial charge on any atom is 0.0945 e. The first-order chi connectivity index (χ1) is 7.18. The summed E-state index contributed by atoms with van der Waals surface area (Å²) < 4.78 is 2.15. The maximum absolute atomic E-state index is 4.17. The van der Waals surface area contributed by atoms with Crippen LogP contribution in [0.2, 0.25) is 0 Å². The van der Waals surface area contributed by atoms with Gasteiger partial charge in [-0.15, -0.1) is 0 Å². The number of aromatic nitrogens is 2. The second kappa shape index (κ2) is 4.35. The summed E-state index contributed by atoms with van der Waals surface area (Å²) in [6.45, 7) is 6.79. The highest BCUT2D eigenvalue weighted by Gasteiger charge is 2.39. The van der Waals surface area contributed by atoms with Crippen molar-refractivity contribution < 1.29 is 0 Å². The summed E-state index contributed by atoms with van der Waals surface area (Å²) >= 11 is 0. The Morgan fingerprint density at radius 1 is 1.60 bits per heavy atom. The number of aryl methyl sites for hydroxylation is 1. The zero-order valence-corrected chi connectivity index (χ0v) is 9.90. The minimum absolute atomic E-state index is 0.747.